The molecule has 2 nitrogen and oxygen atoms in total. The van der Waals surface area contributed by atoms with Gasteiger partial charge in [-0.05, 0) is 37.0 Å². The van der Waals surface area contributed by atoms with Gasteiger partial charge in [0, 0.05) is 12.6 Å². The molecule has 0 saturated heterocycles. The molecule has 1 aliphatic rings. The predicted molar refractivity (Wildman–Crippen MR) is 62.5 cm³/mol. The number of hydrogen-bond donors (Lipinski definition) is 1. The van der Waals surface area contributed by atoms with E-state index in [2.05, 4.69) is 25.2 Å². The molecule has 0 radical (unpaired) electrons. The van der Waals surface area contributed by atoms with Gasteiger partial charge in [-0.3, -0.25) is 0 Å². The van der Waals surface area contributed by atoms with Crippen molar-refractivity contribution in [3.8, 4) is 0 Å². The Kier molecular flexibility index (Phi) is 3.27. The first-order chi connectivity index (χ1) is 7.25. The molecule has 15 heavy (non-hydrogen) atoms. The molecule has 82 valence electrons. The van der Waals surface area contributed by atoms with Gasteiger partial charge in [-0.2, -0.15) is 0 Å². The fourth-order valence-corrected chi connectivity index (χ4v) is 1.53. The van der Waals surface area contributed by atoms with E-state index in [9.17, 15) is 0 Å². The van der Waals surface area contributed by atoms with Crippen LogP contribution in [-0.4, -0.2) is 12.6 Å². The highest BCUT2D eigenvalue weighted by molar-refractivity contribution is 5.48. The Morgan fingerprint density at radius 1 is 1.60 bits per heavy atom. The number of nitrogens with one attached hydrogen (secondary N) is 1. The third kappa shape index (κ3) is 3.24. The molecule has 2 rings (SSSR count). The monoisotopic (exact) mass is 205 g/mol. The van der Waals surface area contributed by atoms with Crippen LogP contribution in [0, 0.1) is 5.92 Å². The lowest BCUT2D eigenvalue weighted by atomic mass is 10.0. The van der Waals surface area contributed by atoms with Gasteiger partial charge in [0.2, 0.25) is 0 Å². The van der Waals surface area contributed by atoms with E-state index in [-0.39, 0.29) is 0 Å². The lowest BCUT2D eigenvalue weighted by molar-refractivity contribution is 0.554. The van der Waals surface area contributed by atoms with Crippen LogP contribution in [0.25, 0.3) is 6.08 Å². The topological polar surface area (TPSA) is 25.2 Å². The summed E-state index contributed by atoms with van der Waals surface area (Å²) in [6.45, 7) is 5.44. The van der Waals surface area contributed by atoms with E-state index in [4.69, 9.17) is 4.42 Å². The quantitative estimate of drug-likeness (QED) is 0.799. The molecule has 0 unspecified atom stereocenters. The highest BCUT2D eigenvalue weighted by atomic mass is 16.3. The highest BCUT2D eigenvalue weighted by Gasteiger charge is 2.20. The summed E-state index contributed by atoms with van der Waals surface area (Å²) >= 11 is 0. The van der Waals surface area contributed by atoms with Gasteiger partial charge in [-0.15, -0.1) is 0 Å². The van der Waals surface area contributed by atoms with Crippen LogP contribution in [0.3, 0.4) is 0 Å². The van der Waals surface area contributed by atoms with Crippen LogP contribution in [0.15, 0.2) is 28.4 Å². The Hall–Kier alpha value is -1.02. The molecule has 0 spiro atoms. The minimum atomic E-state index is 0.571. The molecule has 0 amide bonds. The van der Waals surface area contributed by atoms with Crippen molar-refractivity contribution in [2.45, 2.75) is 32.7 Å². The van der Waals surface area contributed by atoms with Gasteiger partial charge in [-0.25, -0.2) is 0 Å². The summed E-state index contributed by atoms with van der Waals surface area (Å²) in [5.74, 6) is 1.53. The zero-order chi connectivity index (χ0) is 10.7. The molecule has 1 N–H and O–H groups in total. The van der Waals surface area contributed by atoms with Gasteiger partial charge in [0.1, 0.15) is 5.76 Å². The van der Waals surface area contributed by atoms with Crippen molar-refractivity contribution in [1.82, 2.24) is 5.32 Å². The average molecular weight is 205 g/mol. The van der Waals surface area contributed by atoms with Crippen molar-refractivity contribution in [2.24, 2.45) is 5.92 Å². The van der Waals surface area contributed by atoms with Gasteiger partial charge in [-0.1, -0.05) is 19.4 Å². The minimum absolute atomic E-state index is 0.571. The van der Waals surface area contributed by atoms with Gasteiger partial charge in [0.15, 0.2) is 0 Å². The smallest absolute Gasteiger partial charge is 0.126 e. The van der Waals surface area contributed by atoms with Gasteiger partial charge in [0.05, 0.1) is 6.26 Å². The summed E-state index contributed by atoms with van der Waals surface area (Å²) in [6.07, 6.45) is 6.55. The van der Waals surface area contributed by atoms with Crippen LogP contribution >= 0.6 is 0 Å². The Labute approximate surface area is 91.4 Å². The second-order valence-corrected chi connectivity index (χ2v) is 4.54. The van der Waals surface area contributed by atoms with E-state index in [1.807, 2.05) is 12.1 Å². The molecule has 0 aromatic carbocycles. The standard InChI is InChI=1S/C13H19NO/c1-10(2)11(9-14-12-5-6-12)8-13-4-3-7-15-13/h3-4,7-8,10,12,14H,5-6,9H2,1-2H3. The fraction of sp³-hybridized carbons (Fsp3) is 0.538. The van der Waals surface area contributed by atoms with Gasteiger partial charge < -0.3 is 9.73 Å². The first-order valence-electron chi connectivity index (χ1n) is 5.73. The lowest BCUT2D eigenvalue weighted by Gasteiger charge is -2.11. The van der Waals surface area contributed by atoms with Crippen molar-refractivity contribution in [2.75, 3.05) is 6.54 Å². The Bertz CT molecular complexity index is 320. The van der Waals surface area contributed by atoms with Crippen molar-refractivity contribution in [1.29, 1.82) is 0 Å². The van der Waals surface area contributed by atoms with E-state index >= 15 is 0 Å². The number of furan rings is 1. The molecule has 1 aromatic heterocycles. The molecule has 1 heterocycles. The number of hydrogen-bond acceptors (Lipinski definition) is 2. The molecular weight excluding hydrogens is 186 g/mol. The van der Waals surface area contributed by atoms with E-state index in [1.54, 1.807) is 6.26 Å². The molecule has 1 fully saturated rings. The molecule has 0 atom stereocenters. The summed E-state index contributed by atoms with van der Waals surface area (Å²) in [5, 5.41) is 3.54. The van der Waals surface area contributed by atoms with Crippen molar-refractivity contribution < 1.29 is 4.42 Å². The van der Waals surface area contributed by atoms with Crippen molar-refractivity contribution in [3.63, 3.8) is 0 Å². The molecule has 1 aliphatic carbocycles. The van der Waals surface area contributed by atoms with Crippen molar-refractivity contribution in [3.05, 3.63) is 29.7 Å². The maximum atomic E-state index is 5.33. The maximum absolute atomic E-state index is 5.33. The van der Waals surface area contributed by atoms with E-state index in [0.717, 1.165) is 18.3 Å². The molecule has 1 aromatic rings. The second-order valence-electron chi connectivity index (χ2n) is 4.54. The van der Waals surface area contributed by atoms with Crippen LogP contribution < -0.4 is 5.32 Å². The Morgan fingerprint density at radius 3 is 2.93 bits per heavy atom. The number of rotatable bonds is 5. The fourth-order valence-electron chi connectivity index (χ4n) is 1.53. The largest absolute Gasteiger partial charge is 0.465 e. The van der Waals surface area contributed by atoms with Gasteiger partial charge in [0.25, 0.3) is 0 Å². The first-order valence-corrected chi connectivity index (χ1v) is 5.73. The molecule has 2 heteroatoms. The summed E-state index contributed by atoms with van der Waals surface area (Å²) < 4.78 is 5.33. The Balaban J connectivity index is 1.97. The summed E-state index contributed by atoms with van der Waals surface area (Å²) in [5.41, 5.74) is 1.41. The summed E-state index contributed by atoms with van der Waals surface area (Å²) in [4.78, 5) is 0. The minimum Gasteiger partial charge on any atom is -0.465 e. The second kappa shape index (κ2) is 4.67. The normalized spacial score (nSPS) is 17.4. The average Bonchev–Trinajstić information content (AvgIpc) is 2.89. The van der Waals surface area contributed by atoms with E-state index < -0.39 is 0 Å². The van der Waals surface area contributed by atoms with Crippen LogP contribution in [-0.2, 0) is 0 Å². The first kappa shape index (κ1) is 10.5. The van der Waals surface area contributed by atoms with Crippen molar-refractivity contribution >= 4 is 6.08 Å². The lowest BCUT2D eigenvalue weighted by Crippen LogP contribution is -2.21. The predicted octanol–water partition coefficient (Wildman–Crippen LogP) is 3.07. The highest BCUT2D eigenvalue weighted by Crippen LogP contribution is 2.20. The summed E-state index contributed by atoms with van der Waals surface area (Å²) in [7, 11) is 0. The van der Waals surface area contributed by atoms with Crippen LogP contribution in [0.1, 0.15) is 32.4 Å². The van der Waals surface area contributed by atoms with E-state index in [0.29, 0.717) is 5.92 Å². The molecular formula is C13H19NO. The van der Waals surface area contributed by atoms with Crippen LogP contribution in [0.4, 0.5) is 0 Å². The SMILES string of the molecule is CC(C)C(=Cc1ccco1)CNC1CC1. The third-order valence-corrected chi connectivity index (χ3v) is 2.78. The zero-order valence-corrected chi connectivity index (χ0v) is 9.49. The van der Waals surface area contributed by atoms with E-state index in [1.165, 1.54) is 18.4 Å². The third-order valence-electron chi connectivity index (χ3n) is 2.78. The van der Waals surface area contributed by atoms with Crippen LogP contribution in [0.2, 0.25) is 0 Å². The zero-order valence-electron chi connectivity index (χ0n) is 9.49. The maximum Gasteiger partial charge on any atom is 0.126 e. The van der Waals surface area contributed by atoms with Gasteiger partial charge >= 0.3 is 0 Å². The molecule has 1 saturated carbocycles. The molecule has 0 aliphatic heterocycles. The summed E-state index contributed by atoms with van der Waals surface area (Å²) in [6, 6.07) is 4.70. The molecule has 0 bridgehead atoms. The Morgan fingerprint density at radius 2 is 2.40 bits per heavy atom. The van der Waals surface area contributed by atoms with Crippen LogP contribution in [0.5, 0.6) is 0 Å².